The molecule has 0 aliphatic carbocycles. The third-order valence-corrected chi connectivity index (χ3v) is 4.10. The highest BCUT2D eigenvalue weighted by Crippen LogP contribution is 2.38. The lowest BCUT2D eigenvalue weighted by Crippen LogP contribution is -2.41. The van der Waals surface area contributed by atoms with Gasteiger partial charge in [0.2, 0.25) is 0 Å². The van der Waals surface area contributed by atoms with E-state index in [1.807, 2.05) is 0 Å². The lowest BCUT2D eigenvalue weighted by molar-refractivity contribution is 0.00578. The van der Waals surface area contributed by atoms with Crippen LogP contribution in [0.3, 0.4) is 0 Å². The van der Waals surface area contributed by atoms with Gasteiger partial charge in [-0.3, -0.25) is 0 Å². The zero-order chi connectivity index (χ0) is 12.9. The summed E-state index contributed by atoms with van der Waals surface area (Å²) in [6.07, 6.45) is 8.99. The van der Waals surface area contributed by atoms with Gasteiger partial charge in [-0.2, -0.15) is 0 Å². The normalized spacial score (nSPS) is 22.1. The smallest absolute Gasteiger partial charge is 0.403 e. The van der Waals surface area contributed by atoms with Crippen molar-refractivity contribution in [2.75, 3.05) is 0 Å². The van der Waals surface area contributed by atoms with Gasteiger partial charge < -0.3 is 9.31 Å². The van der Waals surface area contributed by atoms with Gasteiger partial charge in [0.1, 0.15) is 0 Å². The molecular weight excluding hydrogens is 211 g/mol. The minimum Gasteiger partial charge on any atom is -0.403 e. The summed E-state index contributed by atoms with van der Waals surface area (Å²) in [7, 11) is 0.00572. The molecule has 0 spiro atoms. The summed E-state index contributed by atoms with van der Waals surface area (Å²) in [6.45, 7) is 10.7. The average molecular weight is 240 g/mol. The minimum atomic E-state index is -0.167. The van der Waals surface area contributed by atoms with Crippen LogP contribution in [0, 0.1) is 0 Å². The lowest BCUT2D eigenvalue weighted by atomic mass is 9.82. The van der Waals surface area contributed by atoms with Gasteiger partial charge in [0, 0.05) is 0 Å². The second-order valence-electron chi connectivity index (χ2n) is 6.24. The molecule has 1 aliphatic rings. The molecule has 0 unspecified atom stereocenters. The van der Waals surface area contributed by atoms with Crippen LogP contribution in [0.2, 0.25) is 6.32 Å². The zero-order valence-corrected chi connectivity index (χ0v) is 12.3. The second-order valence-corrected chi connectivity index (χ2v) is 6.24. The van der Waals surface area contributed by atoms with Crippen molar-refractivity contribution in [3.8, 4) is 0 Å². The van der Waals surface area contributed by atoms with Crippen LogP contribution in [-0.4, -0.2) is 18.3 Å². The largest absolute Gasteiger partial charge is 0.457 e. The molecular formula is C14H29BO2. The summed E-state index contributed by atoms with van der Waals surface area (Å²) in [4.78, 5) is 0. The first kappa shape index (κ1) is 15.0. The Morgan fingerprint density at radius 3 is 1.76 bits per heavy atom. The van der Waals surface area contributed by atoms with Crippen molar-refractivity contribution < 1.29 is 9.31 Å². The zero-order valence-electron chi connectivity index (χ0n) is 12.3. The maximum Gasteiger partial charge on any atom is 0.457 e. The molecule has 1 heterocycles. The van der Waals surface area contributed by atoms with E-state index in [2.05, 4.69) is 34.6 Å². The van der Waals surface area contributed by atoms with Gasteiger partial charge in [0.05, 0.1) is 11.2 Å². The Kier molecular flexibility index (Phi) is 5.52. The highest BCUT2D eigenvalue weighted by atomic mass is 16.7. The number of hydrogen-bond acceptors (Lipinski definition) is 2. The van der Waals surface area contributed by atoms with E-state index in [1.165, 1.54) is 38.5 Å². The Morgan fingerprint density at radius 2 is 1.24 bits per heavy atom. The molecule has 0 atom stereocenters. The van der Waals surface area contributed by atoms with Crippen LogP contribution in [0.25, 0.3) is 0 Å². The third-order valence-electron chi connectivity index (χ3n) is 4.10. The predicted octanol–water partition coefficient (Wildman–Crippen LogP) is 4.44. The van der Waals surface area contributed by atoms with Crippen LogP contribution in [0.5, 0.6) is 0 Å². The van der Waals surface area contributed by atoms with E-state index in [1.54, 1.807) is 0 Å². The summed E-state index contributed by atoms with van der Waals surface area (Å²) in [5.41, 5.74) is -0.334. The summed E-state index contributed by atoms with van der Waals surface area (Å²) in [5, 5.41) is 0. The molecule has 2 nitrogen and oxygen atoms in total. The molecule has 0 saturated carbocycles. The van der Waals surface area contributed by atoms with Crippen LogP contribution in [0.1, 0.15) is 73.1 Å². The van der Waals surface area contributed by atoms with Gasteiger partial charge in [-0.15, -0.1) is 0 Å². The summed E-state index contributed by atoms with van der Waals surface area (Å²) >= 11 is 0. The quantitative estimate of drug-likeness (QED) is 0.483. The third kappa shape index (κ3) is 4.29. The first-order valence-corrected chi connectivity index (χ1v) is 7.25. The molecule has 1 saturated heterocycles. The monoisotopic (exact) mass is 240 g/mol. The predicted molar refractivity (Wildman–Crippen MR) is 74.3 cm³/mol. The van der Waals surface area contributed by atoms with Crippen molar-refractivity contribution in [3.63, 3.8) is 0 Å². The maximum atomic E-state index is 5.97. The second kappa shape index (κ2) is 6.24. The molecule has 0 N–H and O–H groups in total. The Labute approximate surface area is 108 Å². The lowest BCUT2D eigenvalue weighted by Gasteiger charge is -2.32. The number of hydrogen-bond donors (Lipinski definition) is 0. The fraction of sp³-hybridized carbons (Fsp3) is 1.00. The maximum absolute atomic E-state index is 5.97. The minimum absolute atomic E-state index is 0.00572. The van der Waals surface area contributed by atoms with E-state index < -0.39 is 0 Å². The Balaban J connectivity index is 2.14. The molecule has 0 aromatic carbocycles. The van der Waals surface area contributed by atoms with Crippen LogP contribution < -0.4 is 0 Å². The topological polar surface area (TPSA) is 18.5 Å². The molecule has 3 heteroatoms. The number of rotatable bonds is 7. The summed E-state index contributed by atoms with van der Waals surface area (Å²) < 4.78 is 11.9. The molecule has 1 fully saturated rings. The first-order valence-electron chi connectivity index (χ1n) is 7.25. The van der Waals surface area contributed by atoms with E-state index in [-0.39, 0.29) is 18.3 Å². The van der Waals surface area contributed by atoms with E-state index in [9.17, 15) is 0 Å². The van der Waals surface area contributed by atoms with Gasteiger partial charge in [-0.05, 0) is 34.0 Å². The van der Waals surface area contributed by atoms with E-state index in [0.717, 1.165) is 6.32 Å². The van der Waals surface area contributed by atoms with Gasteiger partial charge in [0.15, 0.2) is 0 Å². The molecule has 1 rings (SSSR count). The van der Waals surface area contributed by atoms with Crippen molar-refractivity contribution in [2.24, 2.45) is 0 Å². The van der Waals surface area contributed by atoms with Crippen molar-refractivity contribution in [1.29, 1.82) is 0 Å². The van der Waals surface area contributed by atoms with Gasteiger partial charge in [-0.25, -0.2) is 0 Å². The van der Waals surface area contributed by atoms with Crippen LogP contribution >= 0.6 is 0 Å². The average Bonchev–Trinajstić information content (AvgIpc) is 2.41. The van der Waals surface area contributed by atoms with E-state index in [4.69, 9.17) is 9.31 Å². The van der Waals surface area contributed by atoms with Crippen molar-refractivity contribution in [3.05, 3.63) is 0 Å². The molecule has 0 bridgehead atoms. The fourth-order valence-corrected chi connectivity index (χ4v) is 2.17. The molecule has 0 radical (unpaired) electrons. The molecule has 1 aliphatic heterocycles. The van der Waals surface area contributed by atoms with Crippen molar-refractivity contribution >= 4 is 7.12 Å². The molecule has 0 amide bonds. The molecule has 100 valence electrons. The summed E-state index contributed by atoms with van der Waals surface area (Å²) in [6, 6.07) is 0. The molecule has 17 heavy (non-hydrogen) atoms. The van der Waals surface area contributed by atoms with Crippen molar-refractivity contribution in [2.45, 2.75) is 90.7 Å². The highest BCUT2D eigenvalue weighted by molar-refractivity contribution is 6.45. The standard InChI is InChI=1S/C14H29BO2/c1-6-7-8-9-10-11-12-15-16-13(2,3)14(4,5)17-15/h6-12H2,1-5H3. The molecule has 0 aromatic rings. The Hall–Kier alpha value is -0.0151. The first-order chi connectivity index (χ1) is 7.89. The van der Waals surface area contributed by atoms with Gasteiger partial charge >= 0.3 is 7.12 Å². The molecule has 0 aromatic heterocycles. The Bertz CT molecular complexity index is 210. The highest BCUT2D eigenvalue weighted by Gasteiger charge is 2.50. The fourth-order valence-electron chi connectivity index (χ4n) is 2.17. The SMILES string of the molecule is CCCCCCCCB1OC(C)(C)C(C)(C)O1. The van der Waals surface area contributed by atoms with Crippen LogP contribution in [0.4, 0.5) is 0 Å². The van der Waals surface area contributed by atoms with Gasteiger partial charge in [-0.1, -0.05) is 45.4 Å². The Morgan fingerprint density at radius 1 is 0.765 bits per heavy atom. The van der Waals surface area contributed by atoms with E-state index >= 15 is 0 Å². The van der Waals surface area contributed by atoms with Crippen molar-refractivity contribution in [1.82, 2.24) is 0 Å². The van der Waals surface area contributed by atoms with Gasteiger partial charge in [0.25, 0.3) is 0 Å². The van der Waals surface area contributed by atoms with Crippen LogP contribution in [0.15, 0.2) is 0 Å². The summed E-state index contributed by atoms with van der Waals surface area (Å²) in [5.74, 6) is 0. The van der Waals surface area contributed by atoms with Crippen LogP contribution in [-0.2, 0) is 9.31 Å². The van der Waals surface area contributed by atoms with E-state index in [0.29, 0.717) is 0 Å². The number of unbranched alkanes of at least 4 members (excludes halogenated alkanes) is 5.